The van der Waals surface area contributed by atoms with E-state index in [0.717, 1.165) is 12.8 Å². The van der Waals surface area contributed by atoms with Crippen LogP contribution in [0.4, 0.5) is 0 Å². The van der Waals surface area contributed by atoms with E-state index in [1.165, 1.54) is 38.5 Å². The Hall–Kier alpha value is -0.240. The third-order valence-electron chi connectivity index (χ3n) is 5.26. The Morgan fingerprint density at radius 3 is 2.53 bits per heavy atom. The molecule has 2 fully saturated rings. The molecule has 2 aliphatic rings. The zero-order chi connectivity index (χ0) is 13.9. The maximum Gasteiger partial charge on any atom is 0.223 e. The predicted octanol–water partition coefficient (Wildman–Crippen LogP) is 4.12. The van der Waals surface area contributed by atoms with Crippen LogP contribution in [0.15, 0.2) is 0 Å². The minimum absolute atomic E-state index is 0.160. The van der Waals surface area contributed by atoms with Gasteiger partial charge in [0.15, 0.2) is 0 Å². The quantitative estimate of drug-likeness (QED) is 0.777. The largest absolute Gasteiger partial charge is 0.353 e. The first-order chi connectivity index (χ1) is 9.04. The number of amides is 1. The number of alkyl halides is 1. The molecule has 2 saturated carbocycles. The Morgan fingerprint density at radius 1 is 1.16 bits per heavy atom. The number of hydrogen-bond donors (Lipinski definition) is 1. The van der Waals surface area contributed by atoms with Crippen LogP contribution in [0.3, 0.4) is 0 Å². The van der Waals surface area contributed by atoms with Crippen LogP contribution in [-0.4, -0.2) is 17.8 Å². The second-order valence-corrected chi connectivity index (χ2v) is 7.41. The van der Waals surface area contributed by atoms with Crippen LogP contribution < -0.4 is 5.32 Å². The number of rotatable bonds is 3. The van der Waals surface area contributed by atoms with Crippen LogP contribution in [0.25, 0.3) is 0 Å². The van der Waals surface area contributed by atoms with Gasteiger partial charge in [0.05, 0.1) is 0 Å². The molecule has 2 rings (SSSR count). The second-order valence-electron chi connectivity index (χ2n) is 7.10. The van der Waals surface area contributed by atoms with E-state index in [4.69, 9.17) is 11.6 Å². The van der Waals surface area contributed by atoms with Crippen molar-refractivity contribution < 1.29 is 4.79 Å². The Kier molecular flexibility index (Phi) is 5.16. The van der Waals surface area contributed by atoms with Crippen molar-refractivity contribution in [3.8, 4) is 0 Å². The summed E-state index contributed by atoms with van der Waals surface area (Å²) in [7, 11) is 0. The van der Waals surface area contributed by atoms with E-state index in [0.29, 0.717) is 17.8 Å². The van der Waals surface area contributed by atoms with Gasteiger partial charge in [-0.2, -0.15) is 0 Å². The Bertz CT molecular complexity index is 316. The molecule has 0 aromatic carbocycles. The van der Waals surface area contributed by atoms with Crippen LogP contribution in [-0.2, 0) is 4.79 Å². The molecular formula is C16H28ClNO. The summed E-state index contributed by atoms with van der Waals surface area (Å²) in [6.45, 7) is 4.49. The summed E-state index contributed by atoms with van der Waals surface area (Å²) in [5.41, 5.74) is 0.160. The molecular weight excluding hydrogens is 258 g/mol. The van der Waals surface area contributed by atoms with Crippen molar-refractivity contribution in [3.63, 3.8) is 0 Å². The van der Waals surface area contributed by atoms with Crippen molar-refractivity contribution in [3.05, 3.63) is 0 Å². The highest BCUT2D eigenvalue weighted by molar-refractivity contribution is 6.18. The van der Waals surface area contributed by atoms with Gasteiger partial charge in [0.1, 0.15) is 0 Å². The summed E-state index contributed by atoms with van der Waals surface area (Å²) in [6, 6.07) is 0.316. The third kappa shape index (κ3) is 3.65. The van der Waals surface area contributed by atoms with Gasteiger partial charge in [0.25, 0.3) is 0 Å². The topological polar surface area (TPSA) is 29.1 Å². The molecule has 0 aromatic rings. The summed E-state index contributed by atoms with van der Waals surface area (Å²) >= 11 is 6.05. The van der Waals surface area contributed by atoms with Crippen LogP contribution in [0.5, 0.6) is 0 Å². The summed E-state index contributed by atoms with van der Waals surface area (Å²) in [6.07, 6.45) is 9.46. The Morgan fingerprint density at radius 2 is 1.84 bits per heavy atom. The van der Waals surface area contributed by atoms with E-state index in [2.05, 4.69) is 19.2 Å². The lowest BCUT2D eigenvalue weighted by Gasteiger charge is -2.39. The first kappa shape index (κ1) is 15.2. The summed E-state index contributed by atoms with van der Waals surface area (Å²) < 4.78 is 0. The standard InChI is InChI=1S/C16H28ClNO/c1-16(2)10-6-5-8-13(16)15(19)18-14-9-4-3-7-12(14)11-17/h12-14H,3-11H2,1-2H3,(H,18,19). The van der Waals surface area contributed by atoms with E-state index in [1.807, 2.05) is 0 Å². The van der Waals surface area contributed by atoms with Crippen molar-refractivity contribution in [2.24, 2.45) is 17.3 Å². The molecule has 110 valence electrons. The minimum Gasteiger partial charge on any atom is -0.353 e. The molecule has 0 spiro atoms. The lowest BCUT2D eigenvalue weighted by Crippen LogP contribution is -2.48. The molecule has 0 saturated heterocycles. The van der Waals surface area contributed by atoms with Crippen molar-refractivity contribution in [2.75, 3.05) is 5.88 Å². The van der Waals surface area contributed by atoms with Crippen molar-refractivity contribution in [1.82, 2.24) is 5.32 Å². The van der Waals surface area contributed by atoms with Gasteiger partial charge >= 0.3 is 0 Å². The van der Waals surface area contributed by atoms with Gasteiger partial charge in [-0.25, -0.2) is 0 Å². The van der Waals surface area contributed by atoms with Gasteiger partial charge in [-0.1, -0.05) is 39.5 Å². The predicted molar refractivity (Wildman–Crippen MR) is 80.3 cm³/mol. The molecule has 2 aliphatic carbocycles. The highest BCUT2D eigenvalue weighted by Crippen LogP contribution is 2.41. The molecule has 3 heteroatoms. The highest BCUT2D eigenvalue weighted by atomic mass is 35.5. The van der Waals surface area contributed by atoms with Gasteiger partial charge in [-0.15, -0.1) is 11.6 Å². The molecule has 1 amide bonds. The summed E-state index contributed by atoms with van der Waals surface area (Å²) in [4.78, 5) is 12.6. The molecule has 3 atom stereocenters. The van der Waals surface area contributed by atoms with Crippen LogP contribution in [0.1, 0.15) is 65.2 Å². The minimum atomic E-state index is 0.160. The zero-order valence-electron chi connectivity index (χ0n) is 12.4. The van der Waals surface area contributed by atoms with E-state index in [9.17, 15) is 4.79 Å². The van der Waals surface area contributed by atoms with Gasteiger partial charge < -0.3 is 5.32 Å². The van der Waals surface area contributed by atoms with E-state index >= 15 is 0 Å². The SMILES string of the molecule is CC1(C)CCCCC1C(=O)NC1CCCCC1CCl. The summed E-state index contributed by atoms with van der Waals surface area (Å²) in [5.74, 6) is 1.64. The fraction of sp³-hybridized carbons (Fsp3) is 0.938. The van der Waals surface area contributed by atoms with E-state index in [-0.39, 0.29) is 17.2 Å². The maximum absolute atomic E-state index is 12.6. The third-order valence-corrected chi connectivity index (χ3v) is 5.66. The number of halogens is 1. The fourth-order valence-electron chi connectivity index (χ4n) is 3.85. The van der Waals surface area contributed by atoms with Crippen molar-refractivity contribution in [1.29, 1.82) is 0 Å². The summed E-state index contributed by atoms with van der Waals surface area (Å²) in [5, 5.41) is 3.32. The van der Waals surface area contributed by atoms with E-state index in [1.54, 1.807) is 0 Å². The van der Waals surface area contributed by atoms with Crippen molar-refractivity contribution in [2.45, 2.75) is 71.3 Å². The second kappa shape index (κ2) is 6.47. The number of hydrogen-bond acceptors (Lipinski definition) is 1. The fourth-order valence-corrected chi connectivity index (χ4v) is 4.22. The average molecular weight is 286 g/mol. The van der Waals surface area contributed by atoms with E-state index < -0.39 is 0 Å². The maximum atomic E-state index is 12.6. The first-order valence-corrected chi connectivity index (χ1v) is 8.44. The van der Waals surface area contributed by atoms with Gasteiger partial charge in [0, 0.05) is 17.8 Å². The molecule has 2 nitrogen and oxygen atoms in total. The highest BCUT2D eigenvalue weighted by Gasteiger charge is 2.38. The Balaban J connectivity index is 1.95. The van der Waals surface area contributed by atoms with Crippen LogP contribution in [0.2, 0.25) is 0 Å². The zero-order valence-corrected chi connectivity index (χ0v) is 13.1. The number of carbonyl (C=O) groups excluding carboxylic acids is 1. The van der Waals surface area contributed by atoms with Gasteiger partial charge in [-0.3, -0.25) is 4.79 Å². The molecule has 0 radical (unpaired) electrons. The Labute approximate surface area is 122 Å². The lowest BCUT2D eigenvalue weighted by molar-refractivity contribution is -0.131. The number of carbonyl (C=O) groups is 1. The van der Waals surface area contributed by atoms with Crippen molar-refractivity contribution >= 4 is 17.5 Å². The van der Waals surface area contributed by atoms with Crippen LogP contribution in [0, 0.1) is 17.3 Å². The first-order valence-electron chi connectivity index (χ1n) is 7.91. The normalized spacial score (nSPS) is 34.8. The molecule has 3 unspecified atom stereocenters. The average Bonchev–Trinajstić information content (AvgIpc) is 2.38. The van der Waals surface area contributed by atoms with Crippen LogP contribution >= 0.6 is 11.6 Å². The smallest absolute Gasteiger partial charge is 0.223 e. The molecule has 1 N–H and O–H groups in total. The molecule has 19 heavy (non-hydrogen) atoms. The molecule has 0 aromatic heterocycles. The molecule has 0 bridgehead atoms. The molecule has 0 heterocycles. The number of nitrogens with one attached hydrogen (secondary N) is 1. The van der Waals surface area contributed by atoms with Gasteiger partial charge in [0.2, 0.25) is 5.91 Å². The lowest BCUT2D eigenvalue weighted by atomic mass is 9.68. The monoisotopic (exact) mass is 285 g/mol. The van der Waals surface area contributed by atoms with Gasteiger partial charge in [-0.05, 0) is 37.0 Å². The molecule has 0 aliphatic heterocycles.